The van der Waals surface area contributed by atoms with Gasteiger partial charge < -0.3 is 9.47 Å². The number of aromatic nitrogens is 1. The summed E-state index contributed by atoms with van der Waals surface area (Å²) in [7, 11) is 2.17. The Kier molecular flexibility index (Phi) is 2.28. The number of hydrogen-bond donors (Lipinski definition) is 0. The molecule has 1 atom stereocenters. The quantitative estimate of drug-likeness (QED) is 0.744. The van der Waals surface area contributed by atoms with Crippen LogP contribution in [0.25, 0.3) is 10.9 Å². The van der Waals surface area contributed by atoms with E-state index in [2.05, 4.69) is 47.0 Å². The highest BCUT2D eigenvalue weighted by molar-refractivity contribution is 5.84. The molecule has 0 radical (unpaired) electrons. The smallest absolute Gasteiger partial charge is 0.0480 e. The lowest BCUT2D eigenvalue weighted by Gasteiger charge is -2.44. The average molecular weight is 240 g/mol. The molecule has 2 nitrogen and oxygen atoms in total. The van der Waals surface area contributed by atoms with Crippen molar-refractivity contribution in [3.05, 3.63) is 36.0 Å². The first-order chi connectivity index (χ1) is 8.83. The maximum Gasteiger partial charge on any atom is 0.0480 e. The van der Waals surface area contributed by atoms with Gasteiger partial charge in [0.25, 0.3) is 0 Å². The lowest BCUT2D eigenvalue weighted by atomic mass is 9.75. The lowest BCUT2D eigenvalue weighted by Crippen LogP contribution is -2.46. The van der Waals surface area contributed by atoms with Crippen LogP contribution in [0.4, 0.5) is 0 Å². The third kappa shape index (κ3) is 1.45. The van der Waals surface area contributed by atoms with Crippen LogP contribution >= 0.6 is 0 Å². The highest BCUT2D eigenvalue weighted by atomic mass is 15.1. The van der Waals surface area contributed by atoms with Gasteiger partial charge in [-0.15, -0.1) is 0 Å². The van der Waals surface area contributed by atoms with E-state index in [1.807, 2.05) is 0 Å². The van der Waals surface area contributed by atoms with Crippen LogP contribution in [-0.4, -0.2) is 29.1 Å². The Morgan fingerprint density at radius 2 is 1.89 bits per heavy atom. The van der Waals surface area contributed by atoms with Crippen LogP contribution in [-0.2, 0) is 7.05 Å². The predicted octanol–water partition coefficient (Wildman–Crippen LogP) is 2.99. The van der Waals surface area contributed by atoms with E-state index < -0.39 is 0 Å². The minimum Gasteiger partial charge on any atom is -0.350 e. The monoisotopic (exact) mass is 240 g/mol. The van der Waals surface area contributed by atoms with Crippen LogP contribution in [0, 0.1) is 5.92 Å². The Labute approximate surface area is 108 Å². The second-order valence-electron chi connectivity index (χ2n) is 5.96. The van der Waals surface area contributed by atoms with Gasteiger partial charge in [0.2, 0.25) is 0 Å². The van der Waals surface area contributed by atoms with Gasteiger partial charge in [0, 0.05) is 36.6 Å². The van der Waals surface area contributed by atoms with E-state index in [9.17, 15) is 0 Å². The van der Waals surface area contributed by atoms with Gasteiger partial charge >= 0.3 is 0 Å². The topological polar surface area (TPSA) is 8.17 Å². The minimum atomic E-state index is 0.763. The minimum absolute atomic E-state index is 0.763. The maximum atomic E-state index is 2.65. The Morgan fingerprint density at radius 1 is 1.11 bits per heavy atom. The molecule has 0 spiro atoms. The summed E-state index contributed by atoms with van der Waals surface area (Å²) in [5, 5.41) is 1.47. The molecule has 0 saturated carbocycles. The molecule has 1 aromatic carbocycles. The van der Waals surface area contributed by atoms with E-state index in [4.69, 9.17) is 0 Å². The number of para-hydroxylation sites is 1. The zero-order valence-corrected chi connectivity index (χ0v) is 11.0. The number of aryl methyl sites for hydroxylation is 1. The molecule has 0 aliphatic carbocycles. The Hall–Kier alpha value is -1.28. The first kappa shape index (κ1) is 10.6. The second kappa shape index (κ2) is 3.86. The van der Waals surface area contributed by atoms with Crippen LogP contribution in [0.2, 0.25) is 0 Å². The number of hydrogen-bond acceptors (Lipinski definition) is 1. The third-order valence-corrected chi connectivity index (χ3v) is 4.98. The Balaban J connectivity index is 1.83. The fraction of sp³-hybridized carbons (Fsp3) is 0.500. The van der Waals surface area contributed by atoms with Gasteiger partial charge in [0.15, 0.2) is 0 Å². The van der Waals surface area contributed by atoms with Crippen LogP contribution in [0.3, 0.4) is 0 Å². The molecule has 0 amide bonds. The standard InChI is InChI=1S/C16H20N2/c1-17-10-15(13-4-2-3-5-16(13)17)14-11-18-8-6-12(14)7-9-18/h2-5,10,12,14H,6-9,11H2,1H3. The van der Waals surface area contributed by atoms with E-state index in [1.54, 1.807) is 5.56 Å². The zero-order chi connectivity index (χ0) is 12.1. The summed E-state index contributed by atoms with van der Waals surface area (Å²) in [4.78, 5) is 2.65. The summed E-state index contributed by atoms with van der Waals surface area (Å²) in [5.74, 6) is 1.68. The third-order valence-electron chi connectivity index (χ3n) is 4.98. The number of piperidine rings is 3. The molecule has 1 aromatic heterocycles. The molecular formula is C16H20N2. The summed E-state index contributed by atoms with van der Waals surface area (Å²) in [6.45, 7) is 3.93. The molecule has 18 heavy (non-hydrogen) atoms. The molecule has 1 unspecified atom stereocenters. The largest absolute Gasteiger partial charge is 0.350 e. The van der Waals surface area contributed by atoms with Crippen molar-refractivity contribution in [3.63, 3.8) is 0 Å². The van der Waals surface area contributed by atoms with E-state index in [-0.39, 0.29) is 0 Å². The number of rotatable bonds is 1. The van der Waals surface area contributed by atoms with Crippen molar-refractivity contribution in [1.82, 2.24) is 9.47 Å². The normalized spacial score (nSPS) is 31.1. The molecule has 2 bridgehead atoms. The molecular weight excluding hydrogens is 220 g/mol. The van der Waals surface area contributed by atoms with Crippen LogP contribution in [0.5, 0.6) is 0 Å². The first-order valence-corrected chi connectivity index (χ1v) is 7.09. The number of benzene rings is 1. The molecule has 2 heteroatoms. The first-order valence-electron chi connectivity index (χ1n) is 7.09. The van der Waals surface area contributed by atoms with Crippen LogP contribution in [0.1, 0.15) is 24.3 Å². The number of fused-ring (bicyclic) bond motifs is 4. The molecule has 5 rings (SSSR count). The molecule has 4 heterocycles. The molecule has 3 aliphatic heterocycles. The molecule has 3 saturated heterocycles. The van der Waals surface area contributed by atoms with Gasteiger partial charge in [-0.1, -0.05) is 18.2 Å². The van der Waals surface area contributed by atoms with Gasteiger partial charge in [0.1, 0.15) is 0 Å². The van der Waals surface area contributed by atoms with Gasteiger partial charge in [-0.2, -0.15) is 0 Å². The van der Waals surface area contributed by atoms with Crippen LogP contribution < -0.4 is 0 Å². The van der Waals surface area contributed by atoms with E-state index in [0.29, 0.717) is 0 Å². The number of nitrogens with zero attached hydrogens (tertiary/aromatic N) is 2. The van der Waals surface area contributed by atoms with Crippen molar-refractivity contribution in [2.75, 3.05) is 19.6 Å². The highest BCUT2D eigenvalue weighted by Crippen LogP contribution is 2.41. The predicted molar refractivity (Wildman–Crippen MR) is 74.8 cm³/mol. The summed E-state index contributed by atoms with van der Waals surface area (Å²) in [6.07, 6.45) is 5.17. The van der Waals surface area contributed by atoms with Gasteiger partial charge in [-0.25, -0.2) is 0 Å². The van der Waals surface area contributed by atoms with Crippen molar-refractivity contribution in [2.45, 2.75) is 18.8 Å². The highest BCUT2D eigenvalue weighted by Gasteiger charge is 2.36. The summed E-state index contributed by atoms with van der Waals surface area (Å²) in [6, 6.07) is 8.85. The van der Waals surface area contributed by atoms with E-state index >= 15 is 0 Å². The molecule has 3 fully saturated rings. The fourth-order valence-corrected chi connectivity index (χ4v) is 3.99. The summed E-state index contributed by atoms with van der Waals surface area (Å²) >= 11 is 0. The van der Waals surface area contributed by atoms with Crippen molar-refractivity contribution in [2.24, 2.45) is 13.0 Å². The molecule has 0 N–H and O–H groups in total. The zero-order valence-electron chi connectivity index (χ0n) is 11.0. The van der Waals surface area contributed by atoms with Crippen molar-refractivity contribution in [1.29, 1.82) is 0 Å². The fourth-order valence-electron chi connectivity index (χ4n) is 3.99. The Morgan fingerprint density at radius 3 is 2.61 bits per heavy atom. The summed E-state index contributed by atoms with van der Waals surface area (Å²) < 4.78 is 2.29. The molecule has 3 aliphatic rings. The summed E-state index contributed by atoms with van der Waals surface area (Å²) in [5.41, 5.74) is 2.96. The van der Waals surface area contributed by atoms with E-state index in [0.717, 1.165) is 11.8 Å². The maximum absolute atomic E-state index is 2.65. The second-order valence-corrected chi connectivity index (χ2v) is 5.96. The van der Waals surface area contributed by atoms with E-state index in [1.165, 1.54) is 43.4 Å². The molecule has 2 aromatic rings. The molecule has 94 valence electrons. The SMILES string of the molecule is Cn1cc(C2CN3CCC2CC3)c2ccccc21. The van der Waals surface area contributed by atoms with Gasteiger partial charge in [-0.05, 0) is 43.5 Å². The Bertz CT molecular complexity index is 576. The van der Waals surface area contributed by atoms with Crippen molar-refractivity contribution in [3.8, 4) is 0 Å². The van der Waals surface area contributed by atoms with Gasteiger partial charge in [-0.3, -0.25) is 0 Å². The van der Waals surface area contributed by atoms with Gasteiger partial charge in [0.05, 0.1) is 0 Å². The van der Waals surface area contributed by atoms with Crippen LogP contribution in [0.15, 0.2) is 30.5 Å². The van der Waals surface area contributed by atoms with Crippen molar-refractivity contribution >= 4 is 10.9 Å². The average Bonchev–Trinajstić information content (AvgIpc) is 2.78. The van der Waals surface area contributed by atoms with Crippen molar-refractivity contribution < 1.29 is 0 Å². The lowest BCUT2D eigenvalue weighted by molar-refractivity contribution is 0.0876.